The van der Waals surface area contributed by atoms with Crippen LogP contribution < -0.4 is 4.06 Å². The van der Waals surface area contributed by atoms with Gasteiger partial charge >= 0.3 is 5.51 Å². The third-order valence-corrected chi connectivity index (χ3v) is 4.66. The number of benzene rings is 1. The normalized spacial score (nSPS) is 11.9. The average molecular weight is 313 g/mol. The quantitative estimate of drug-likeness (QED) is 0.480. The van der Waals surface area contributed by atoms with Crippen molar-refractivity contribution in [2.24, 2.45) is 0 Å². The van der Waals surface area contributed by atoms with Gasteiger partial charge < -0.3 is 0 Å². The maximum absolute atomic E-state index is 12.2. The molecule has 0 aliphatic carbocycles. The molecule has 1 heterocycles. The maximum Gasteiger partial charge on any atom is 0.446 e. The van der Waals surface area contributed by atoms with Crippen molar-refractivity contribution in [1.82, 2.24) is 0 Å². The molecule has 0 saturated carbocycles. The molecule has 0 amide bonds. The molecule has 0 spiro atoms. The topological polar surface area (TPSA) is 60.2 Å². The number of halogens is 3. The minimum Gasteiger partial charge on any atom is -0.265 e. The SMILES string of the molecule is O=c1sc2cc(SC(F)(F)F)cc([N+](=O)[O-])c2s1. The Morgan fingerprint density at radius 3 is 2.50 bits per heavy atom. The van der Waals surface area contributed by atoms with Crippen molar-refractivity contribution in [2.75, 3.05) is 0 Å². The van der Waals surface area contributed by atoms with Gasteiger partial charge in [-0.05, 0) is 17.8 Å². The Morgan fingerprint density at radius 1 is 1.28 bits per heavy atom. The van der Waals surface area contributed by atoms with E-state index in [0.717, 1.165) is 12.1 Å². The van der Waals surface area contributed by atoms with E-state index in [1.54, 1.807) is 0 Å². The lowest BCUT2D eigenvalue weighted by Gasteiger charge is -2.05. The van der Waals surface area contributed by atoms with Gasteiger partial charge in [-0.3, -0.25) is 14.9 Å². The number of nitrogens with zero attached hydrogens (tertiary/aromatic N) is 1. The molecular weight excluding hydrogens is 311 g/mol. The van der Waals surface area contributed by atoms with Crippen LogP contribution in [0.4, 0.5) is 18.9 Å². The van der Waals surface area contributed by atoms with Gasteiger partial charge in [0.05, 0.1) is 9.62 Å². The van der Waals surface area contributed by atoms with Crippen LogP contribution in [0.2, 0.25) is 0 Å². The van der Waals surface area contributed by atoms with E-state index in [2.05, 4.69) is 0 Å². The molecule has 1 aromatic carbocycles. The summed E-state index contributed by atoms with van der Waals surface area (Å²) in [6.07, 6.45) is 0. The molecular formula is C8H2F3NO3S3. The zero-order valence-electron chi connectivity index (χ0n) is 8.19. The molecule has 0 bridgehead atoms. The first-order valence-electron chi connectivity index (χ1n) is 4.24. The first-order valence-corrected chi connectivity index (χ1v) is 6.69. The van der Waals surface area contributed by atoms with E-state index in [1.165, 1.54) is 0 Å². The van der Waals surface area contributed by atoms with Gasteiger partial charge in [-0.1, -0.05) is 22.7 Å². The van der Waals surface area contributed by atoms with Gasteiger partial charge in [-0.2, -0.15) is 13.2 Å². The minimum atomic E-state index is -4.53. The molecule has 2 rings (SSSR count). The van der Waals surface area contributed by atoms with Crippen LogP contribution in [0.5, 0.6) is 0 Å². The summed E-state index contributed by atoms with van der Waals surface area (Å²) in [5.74, 6) is 0. The van der Waals surface area contributed by atoms with Crippen LogP contribution in [0.15, 0.2) is 21.8 Å². The molecule has 0 radical (unpaired) electrons. The summed E-state index contributed by atoms with van der Waals surface area (Å²) in [4.78, 5) is 20.8. The monoisotopic (exact) mass is 313 g/mol. The van der Waals surface area contributed by atoms with E-state index in [4.69, 9.17) is 0 Å². The Bertz CT molecular complexity index is 676. The van der Waals surface area contributed by atoms with Gasteiger partial charge in [0.1, 0.15) is 4.70 Å². The second-order valence-corrected chi connectivity index (χ2v) is 6.42. The Hall–Kier alpha value is -1.13. The van der Waals surface area contributed by atoms with Crippen molar-refractivity contribution in [3.05, 3.63) is 31.1 Å². The van der Waals surface area contributed by atoms with Crippen LogP contribution >= 0.6 is 34.4 Å². The summed E-state index contributed by atoms with van der Waals surface area (Å²) < 4.78 is 36.6. The highest BCUT2D eigenvalue weighted by atomic mass is 32.2. The van der Waals surface area contributed by atoms with E-state index < -0.39 is 27.9 Å². The zero-order valence-corrected chi connectivity index (χ0v) is 10.6. The van der Waals surface area contributed by atoms with E-state index in [9.17, 15) is 28.1 Å². The lowest BCUT2D eigenvalue weighted by Crippen LogP contribution is -1.99. The number of rotatable bonds is 2. The predicted molar refractivity (Wildman–Crippen MR) is 64.5 cm³/mol. The zero-order chi connectivity index (χ0) is 13.5. The summed E-state index contributed by atoms with van der Waals surface area (Å²) in [6.45, 7) is 0. The van der Waals surface area contributed by atoms with Crippen molar-refractivity contribution in [3.63, 3.8) is 0 Å². The van der Waals surface area contributed by atoms with Crippen LogP contribution in [-0.2, 0) is 0 Å². The minimum absolute atomic E-state index is 0.113. The molecule has 0 atom stereocenters. The van der Waals surface area contributed by atoms with Crippen molar-refractivity contribution in [1.29, 1.82) is 0 Å². The van der Waals surface area contributed by atoms with Crippen LogP contribution in [0.1, 0.15) is 0 Å². The molecule has 0 saturated heterocycles. The standard InChI is InChI=1S/C8H2F3NO3S3/c9-8(10,11)18-3-1-4(12(14)15)6-5(2-3)16-7(13)17-6/h1-2H. The van der Waals surface area contributed by atoms with E-state index in [1.807, 2.05) is 0 Å². The Labute approximate surface area is 109 Å². The first kappa shape index (κ1) is 13.3. The highest BCUT2D eigenvalue weighted by Gasteiger charge is 2.31. The lowest BCUT2D eigenvalue weighted by atomic mass is 10.3. The van der Waals surface area contributed by atoms with Gasteiger partial charge in [0.2, 0.25) is 0 Å². The lowest BCUT2D eigenvalue weighted by molar-refractivity contribution is -0.383. The number of alkyl halides is 3. The number of nitro benzene ring substituents is 1. The molecule has 0 N–H and O–H groups in total. The number of thioether (sulfide) groups is 1. The number of hydrogen-bond acceptors (Lipinski definition) is 6. The van der Waals surface area contributed by atoms with Crippen molar-refractivity contribution < 1.29 is 18.1 Å². The molecule has 0 aliphatic heterocycles. The molecule has 10 heteroatoms. The van der Waals surface area contributed by atoms with Gasteiger partial charge in [-0.15, -0.1) is 0 Å². The van der Waals surface area contributed by atoms with Crippen molar-refractivity contribution in [3.8, 4) is 0 Å². The summed E-state index contributed by atoms with van der Waals surface area (Å²) in [6, 6.07) is 1.98. The predicted octanol–water partition coefficient (Wildman–Crippen LogP) is 3.84. The van der Waals surface area contributed by atoms with E-state index in [-0.39, 0.29) is 18.4 Å². The number of non-ortho nitro benzene ring substituents is 1. The van der Waals surface area contributed by atoms with Crippen molar-refractivity contribution >= 4 is 49.5 Å². The second kappa shape index (κ2) is 4.52. The van der Waals surface area contributed by atoms with Gasteiger partial charge in [0.25, 0.3) is 9.74 Å². The fourth-order valence-electron chi connectivity index (χ4n) is 1.26. The third-order valence-electron chi connectivity index (χ3n) is 1.82. The first-order chi connectivity index (χ1) is 8.26. The van der Waals surface area contributed by atoms with Gasteiger partial charge in [-0.25, -0.2) is 0 Å². The number of nitro groups is 1. The summed E-state index contributed by atoms with van der Waals surface area (Å²) in [5.41, 5.74) is -5.00. The van der Waals surface area contributed by atoms with Gasteiger partial charge in [0.15, 0.2) is 0 Å². The smallest absolute Gasteiger partial charge is 0.265 e. The Morgan fingerprint density at radius 2 is 1.94 bits per heavy atom. The molecule has 1 aromatic heterocycles. The number of hydrogen-bond donors (Lipinski definition) is 0. The summed E-state index contributed by atoms with van der Waals surface area (Å²) in [7, 11) is 0. The third kappa shape index (κ3) is 2.82. The fourth-order valence-corrected chi connectivity index (χ4v) is 4.02. The van der Waals surface area contributed by atoms with Crippen molar-refractivity contribution in [2.45, 2.75) is 10.4 Å². The van der Waals surface area contributed by atoms with E-state index in [0.29, 0.717) is 22.7 Å². The summed E-state index contributed by atoms with van der Waals surface area (Å²) >= 11 is 0.927. The highest BCUT2D eigenvalue weighted by molar-refractivity contribution is 8.00. The van der Waals surface area contributed by atoms with Crippen LogP contribution in [0, 0.1) is 10.1 Å². The molecule has 96 valence electrons. The molecule has 0 aliphatic rings. The number of fused-ring (bicyclic) bond motifs is 1. The molecule has 2 aromatic rings. The Kier molecular flexibility index (Phi) is 3.34. The molecule has 4 nitrogen and oxygen atoms in total. The van der Waals surface area contributed by atoms with E-state index >= 15 is 0 Å². The highest BCUT2D eigenvalue weighted by Crippen LogP contribution is 2.41. The van der Waals surface area contributed by atoms with Crippen LogP contribution in [-0.4, -0.2) is 10.4 Å². The fraction of sp³-hybridized carbons (Fsp3) is 0.125. The molecule has 0 fully saturated rings. The second-order valence-electron chi connectivity index (χ2n) is 3.03. The average Bonchev–Trinajstić information content (AvgIpc) is 2.53. The largest absolute Gasteiger partial charge is 0.446 e. The van der Waals surface area contributed by atoms with Gasteiger partial charge in [0, 0.05) is 11.0 Å². The Balaban J connectivity index is 2.64. The van der Waals surface area contributed by atoms with Crippen LogP contribution in [0.25, 0.3) is 9.40 Å². The van der Waals surface area contributed by atoms with Crippen LogP contribution in [0.3, 0.4) is 0 Å². The maximum atomic E-state index is 12.2. The summed E-state index contributed by atoms with van der Waals surface area (Å²) in [5, 5.41) is 10.8. The molecule has 18 heavy (non-hydrogen) atoms. The molecule has 0 unspecified atom stereocenters.